The van der Waals surface area contributed by atoms with Crippen molar-refractivity contribution in [1.82, 2.24) is 5.32 Å². The molecule has 0 aromatic rings. The zero-order chi connectivity index (χ0) is 12.3. The Morgan fingerprint density at radius 1 is 1.06 bits per heavy atom. The molecule has 0 bridgehead atoms. The Morgan fingerprint density at radius 2 is 1.65 bits per heavy atom. The second-order valence-electron chi connectivity index (χ2n) is 4.96. The maximum absolute atomic E-state index is 12.0. The number of aliphatic carboxylic acids is 1. The molecule has 0 saturated heterocycles. The van der Waals surface area contributed by atoms with E-state index in [2.05, 4.69) is 5.32 Å². The average Bonchev–Trinajstić information content (AvgIpc) is 2.81. The molecule has 2 rings (SSSR count). The van der Waals surface area contributed by atoms with Gasteiger partial charge in [-0.15, -0.1) is 0 Å². The summed E-state index contributed by atoms with van der Waals surface area (Å²) in [6.45, 7) is 0. The first-order valence-corrected chi connectivity index (χ1v) is 6.34. The van der Waals surface area contributed by atoms with Crippen LogP contribution in [-0.4, -0.2) is 17.9 Å². The van der Waals surface area contributed by atoms with Crippen molar-refractivity contribution in [3.05, 3.63) is 12.2 Å². The fourth-order valence-electron chi connectivity index (χ4n) is 2.74. The predicted octanol–water partition coefficient (Wildman–Crippen LogP) is 0.377. The van der Waals surface area contributed by atoms with Crippen molar-refractivity contribution in [1.29, 1.82) is 0 Å². The van der Waals surface area contributed by atoms with Gasteiger partial charge in [-0.25, -0.2) is 0 Å². The molecule has 1 N–H and O–H groups in total. The van der Waals surface area contributed by atoms with Crippen LogP contribution in [0.2, 0.25) is 0 Å². The zero-order valence-electron chi connectivity index (χ0n) is 9.85. The number of rotatable bonds is 3. The standard InChI is InChI=1S/C13H19NO3/c15-12(14-9-5-1-2-6-9)10-7-3-4-8-11(10)13(16)17/h3-4,9-11H,1-2,5-8H2,(H,14,15)(H,16,17)/p-1/t10-,11+/m1/s1. The summed E-state index contributed by atoms with van der Waals surface area (Å²) < 4.78 is 0. The molecule has 0 aromatic heterocycles. The summed E-state index contributed by atoms with van der Waals surface area (Å²) in [5.41, 5.74) is 0. The second-order valence-corrected chi connectivity index (χ2v) is 4.96. The van der Waals surface area contributed by atoms with Crippen LogP contribution >= 0.6 is 0 Å². The third-order valence-electron chi connectivity index (χ3n) is 3.77. The lowest BCUT2D eigenvalue weighted by Gasteiger charge is -2.29. The van der Waals surface area contributed by atoms with Crippen LogP contribution in [0.5, 0.6) is 0 Å². The lowest BCUT2D eigenvalue weighted by molar-refractivity contribution is -0.313. The van der Waals surface area contributed by atoms with Crippen LogP contribution in [0.4, 0.5) is 0 Å². The minimum absolute atomic E-state index is 0.115. The SMILES string of the molecule is O=C([O-])[C@H]1CC=CC[C@H]1C(=O)NC1CCCC1. The maximum atomic E-state index is 12.0. The van der Waals surface area contributed by atoms with Crippen molar-refractivity contribution in [2.45, 2.75) is 44.6 Å². The van der Waals surface area contributed by atoms with Crippen LogP contribution in [0.3, 0.4) is 0 Å². The third kappa shape index (κ3) is 2.87. The summed E-state index contributed by atoms with van der Waals surface area (Å²) in [5.74, 6) is -2.34. The highest BCUT2D eigenvalue weighted by atomic mass is 16.4. The molecule has 1 saturated carbocycles. The summed E-state index contributed by atoms with van der Waals surface area (Å²) in [7, 11) is 0. The van der Waals surface area contributed by atoms with Crippen LogP contribution < -0.4 is 10.4 Å². The van der Waals surface area contributed by atoms with Crippen molar-refractivity contribution in [2.75, 3.05) is 0 Å². The largest absolute Gasteiger partial charge is 0.550 e. The molecule has 0 unspecified atom stereocenters. The fourth-order valence-corrected chi connectivity index (χ4v) is 2.74. The van der Waals surface area contributed by atoms with Gasteiger partial charge in [-0.1, -0.05) is 25.0 Å². The fraction of sp³-hybridized carbons (Fsp3) is 0.692. The van der Waals surface area contributed by atoms with Gasteiger partial charge in [0.2, 0.25) is 5.91 Å². The molecule has 2 aliphatic carbocycles. The van der Waals surface area contributed by atoms with Gasteiger partial charge in [0.1, 0.15) is 0 Å². The van der Waals surface area contributed by atoms with Gasteiger partial charge in [0.15, 0.2) is 0 Å². The number of hydrogen-bond donors (Lipinski definition) is 1. The van der Waals surface area contributed by atoms with E-state index < -0.39 is 17.8 Å². The Morgan fingerprint density at radius 3 is 2.24 bits per heavy atom. The third-order valence-corrected chi connectivity index (χ3v) is 3.77. The maximum Gasteiger partial charge on any atom is 0.224 e. The summed E-state index contributed by atoms with van der Waals surface area (Å²) in [5, 5.41) is 14.0. The van der Waals surface area contributed by atoms with E-state index in [1.807, 2.05) is 12.2 Å². The first-order valence-electron chi connectivity index (χ1n) is 6.34. The van der Waals surface area contributed by atoms with Crippen molar-refractivity contribution >= 4 is 11.9 Å². The normalized spacial score (nSPS) is 29.2. The number of carboxylic acids is 1. The van der Waals surface area contributed by atoms with Crippen LogP contribution in [0.15, 0.2) is 12.2 Å². The van der Waals surface area contributed by atoms with Crippen LogP contribution in [0.1, 0.15) is 38.5 Å². The molecule has 0 radical (unpaired) electrons. The first-order chi connectivity index (χ1) is 8.18. The van der Waals surface area contributed by atoms with E-state index in [1.54, 1.807) is 0 Å². The van der Waals surface area contributed by atoms with E-state index in [0.717, 1.165) is 25.7 Å². The van der Waals surface area contributed by atoms with E-state index in [9.17, 15) is 14.7 Å². The highest BCUT2D eigenvalue weighted by molar-refractivity contribution is 5.84. The summed E-state index contributed by atoms with van der Waals surface area (Å²) in [4.78, 5) is 23.0. The van der Waals surface area contributed by atoms with Gasteiger partial charge >= 0.3 is 0 Å². The molecule has 1 amide bonds. The molecule has 17 heavy (non-hydrogen) atoms. The number of hydrogen-bond acceptors (Lipinski definition) is 3. The average molecular weight is 236 g/mol. The van der Waals surface area contributed by atoms with Crippen molar-refractivity contribution in [3.8, 4) is 0 Å². The quantitative estimate of drug-likeness (QED) is 0.720. The molecule has 0 aliphatic heterocycles. The first kappa shape index (κ1) is 12.1. The van der Waals surface area contributed by atoms with E-state index in [1.165, 1.54) is 0 Å². The number of nitrogens with one attached hydrogen (secondary N) is 1. The Hall–Kier alpha value is -1.32. The highest BCUT2D eigenvalue weighted by Crippen LogP contribution is 2.26. The second kappa shape index (κ2) is 5.34. The Balaban J connectivity index is 1.96. The van der Waals surface area contributed by atoms with E-state index in [4.69, 9.17) is 0 Å². The van der Waals surface area contributed by atoms with E-state index in [-0.39, 0.29) is 11.9 Å². The number of allylic oxidation sites excluding steroid dienone is 2. The van der Waals surface area contributed by atoms with Gasteiger partial charge in [0, 0.05) is 23.8 Å². The van der Waals surface area contributed by atoms with E-state index >= 15 is 0 Å². The molecule has 4 nitrogen and oxygen atoms in total. The van der Waals surface area contributed by atoms with Crippen molar-refractivity contribution in [3.63, 3.8) is 0 Å². The van der Waals surface area contributed by atoms with Gasteiger partial charge in [0.05, 0.1) is 0 Å². The summed E-state index contributed by atoms with van der Waals surface area (Å²) in [6.07, 6.45) is 8.97. The number of carbonyl (C=O) groups is 2. The molecule has 1 fully saturated rings. The van der Waals surface area contributed by atoms with Crippen LogP contribution in [-0.2, 0) is 9.59 Å². The lowest BCUT2D eigenvalue weighted by Crippen LogP contribution is -2.45. The molecule has 0 spiro atoms. The van der Waals surface area contributed by atoms with Gasteiger partial charge in [0.25, 0.3) is 0 Å². The predicted molar refractivity (Wildman–Crippen MR) is 60.8 cm³/mol. The van der Waals surface area contributed by atoms with Gasteiger partial charge in [-0.2, -0.15) is 0 Å². The van der Waals surface area contributed by atoms with Gasteiger partial charge < -0.3 is 15.2 Å². The molecule has 2 aliphatic rings. The van der Waals surface area contributed by atoms with Crippen molar-refractivity contribution < 1.29 is 14.7 Å². The molecule has 0 aromatic carbocycles. The molecule has 2 atom stereocenters. The minimum atomic E-state index is -1.11. The summed E-state index contributed by atoms with van der Waals surface area (Å²) >= 11 is 0. The monoisotopic (exact) mass is 236 g/mol. The molecule has 94 valence electrons. The number of carboxylic acid groups (broad SMARTS) is 1. The van der Waals surface area contributed by atoms with Gasteiger partial charge in [-0.05, 0) is 25.7 Å². The number of amides is 1. The van der Waals surface area contributed by atoms with E-state index in [0.29, 0.717) is 12.8 Å². The molecule has 0 heterocycles. The van der Waals surface area contributed by atoms with Crippen molar-refractivity contribution in [2.24, 2.45) is 11.8 Å². The Labute approximate surface area is 101 Å². The minimum Gasteiger partial charge on any atom is -0.550 e. The number of carbonyl (C=O) groups excluding carboxylic acids is 2. The Kier molecular flexibility index (Phi) is 3.82. The van der Waals surface area contributed by atoms with Crippen LogP contribution in [0.25, 0.3) is 0 Å². The molecular weight excluding hydrogens is 218 g/mol. The molecule has 4 heteroatoms. The van der Waals surface area contributed by atoms with Gasteiger partial charge in [-0.3, -0.25) is 4.79 Å². The molecular formula is C13H18NO3-. The zero-order valence-corrected chi connectivity index (χ0v) is 9.85. The Bertz CT molecular complexity index is 332. The van der Waals surface area contributed by atoms with Crippen LogP contribution in [0, 0.1) is 11.8 Å². The highest BCUT2D eigenvalue weighted by Gasteiger charge is 2.31. The topological polar surface area (TPSA) is 69.2 Å². The lowest BCUT2D eigenvalue weighted by atomic mass is 9.82. The summed E-state index contributed by atoms with van der Waals surface area (Å²) in [6, 6.07) is 0.246. The smallest absolute Gasteiger partial charge is 0.224 e.